The molecule has 24 heavy (non-hydrogen) atoms. The molecule has 0 fully saturated rings. The van der Waals surface area contributed by atoms with Crippen molar-refractivity contribution in [2.75, 3.05) is 27.3 Å². The Morgan fingerprint density at radius 3 is 2.58 bits per heavy atom. The summed E-state index contributed by atoms with van der Waals surface area (Å²) in [4.78, 5) is 13.9. The van der Waals surface area contributed by atoms with Gasteiger partial charge in [-0.15, -0.1) is 0 Å². The summed E-state index contributed by atoms with van der Waals surface area (Å²) in [5.74, 6) is 0.308. The summed E-state index contributed by atoms with van der Waals surface area (Å²) < 4.78 is 24.1. The zero-order valence-corrected chi connectivity index (χ0v) is 14.3. The van der Waals surface area contributed by atoms with Crippen LogP contribution in [0.5, 0.6) is 11.5 Å². The van der Waals surface area contributed by atoms with Crippen LogP contribution < -0.4 is 9.47 Å². The second kappa shape index (κ2) is 8.55. The van der Waals surface area contributed by atoms with Gasteiger partial charge in [-0.05, 0) is 48.9 Å². The second-order valence-corrected chi connectivity index (χ2v) is 5.66. The fourth-order valence-corrected chi connectivity index (χ4v) is 2.30. The summed E-state index contributed by atoms with van der Waals surface area (Å²) in [5, 5.41) is 0.650. The van der Waals surface area contributed by atoms with Crippen molar-refractivity contribution in [3.63, 3.8) is 0 Å². The van der Waals surface area contributed by atoms with Crippen molar-refractivity contribution in [2.24, 2.45) is 0 Å². The van der Waals surface area contributed by atoms with Gasteiger partial charge in [-0.2, -0.15) is 0 Å². The molecule has 0 saturated carbocycles. The van der Waals surface area contributed by atoms with E-state index in [0.29, 0.717) is 30.3 Å². The van der Waals surface area contributed by atoms with Gasteiger partial charge in [-0.3, -0.25) is 4.79 Å². The number of hydrogen-bond acceptors (Lipinski definition) is 3. The molecule has 128 valence electrons. The van der Waals surface area contributed by atoms with Gasteiger partial charge in [0, 0.05) is 18.6 Å². The minimum Gasteiger partial charge on any atom is -0.496 e. The number of carbonyl (C=O) groups is 1. The lowest BCUT2D eigenvalue weighted by atomic mass is 10.1. The molecule has 0 saturated heterocycles. The smallest absolute Gasteiger partial charge is 0.257 e. The minimum atomic E-state index is -0.473. The summed E-state index contributed by atoms with van der Waals surface area (Å²) in [6.45, 7) is 0.936. The van der Waals surface area contributed by atoms with E-state index < -0.39 is 5.82 Å². The van der Waals surface area contributed by atoms with E-state index in [2.05, 4.69) is 0 Å². The molecule has 0 bridgehead atoms. The van der Waals surface area contributed by atoms with Crippen LogP contribution in [0.2, 0.25) is 5.02 Å². The Balaban J connectivity index is 1.85. The van der Waals surface area contributed by atoms with Crippen LogP contribution in [0.25, 0.3) is 0 Å². The predicted octanol–water partition coefficient (Wildman–Crippen LogP) is 4.03. The number of halogens is 2. The second-order valence-electron chi connectivity index (χ2n) is 5.23. The first kappa shape index (κ1) is 18.1. The normalized spacial score (nSPS) is 10.3. The van der Waals surface area contributed by atoms with Gasteiger partial charge >= 0.3 is 0 Å². The fraction of sp³-hybridized carbons (Fsp3) is 0.278. The molecule has 0 N–H and O–H groups in total. The Bertz CT molecular complexity index is 691. The van der Waals surface area contributed by atoms with Crippen LogP contribution in [-0.2, 0) is 0 Å². The maximum atomic E-state index is 13.4. The van der Waals surface area contributed by atoms with Gasteiger partial charge in [0.15, 0.2) is 0 Å². The fourth-order valence-electron chi connectivity index (χ4n) is 2.18. The van der Waals surface area contributed by atoms with Crippen molar-refractivity contribution in [1.82, 2.24) is 4.90 Å². The molecule has 0 radical (unpaired) electrons. The van der Waals surface area contributed by atoms with E-state index in [9.17, 15) is 9.18 Å². The molecule has 1 amide bonds. The number of rotatable bonds is 7. The summed E-state index contributed by atoms with van der Waals surface area (Å²) in [6, 6.07) is 11.0. The first-order chi connectivity index (χ1) is 11.5. The highest BCUT2D eigenvalue weighted by Gasteiger charge is 2.17. The van der Waals surface area contributed by atoms with E-state index in [4.69, 9.17) is 21.1 Å². The Morgan fingerprint density at radius 2 is 1.92 bits per heavy atom. The first-order valence-corrected chi connectivity index (χ1v) is 7.86. The van der Waals surface area contributed by atoms with Gasteiger partial charge in [-0.25, -0.2) is 4.39 Å². The molecule has 0 atom stereocenters. The van der Waals surface area contributed by atoms with Crippen LogP contribution in [0, 0.1) is 5.82 Å². The predicted molar refractivity (Wildman–Crippen MR) is 91.5 cm³/mol. The van der Waals surface area contributed by atoms with Gasteiger partial charge in [0.25, 0.3) is 5.91 Å². The third kappa shape index (κ3) is 4.86. The molecule has 0 heterocycles. The third-order valence-electron chi connectivity index (χ3n) is 3.46. The van der Waals surface area contributed by atoms with Crippen LogP contribution in [0.4, 0.5) is 4.39 Å². The van der Waals surface area contributed by atoms with Crippen molar-refractivity contribution in [3.05, 3.63) is 58.9 Å². The van der Waals surface area contributed by atoms with Crippen LogP contribution >= 0.6 is 11.6 Å². The number of benzene rings is 2. The molecule has 0 unspecified atom stereocenters. The molecule has 0 spiro atoms. The van der Waals surface area contributed by atoms with Gasteiger partial charge < -0.3 is 14.4 Å². The number of carbonyl (C=O) groups excluding carboxylic acids is 1. The largest absolute Gasteiger partial charge is 0.496 e. The molecule has 6 heteroatoms. The molecular formula is C18H19ClFNO3. The van der Waals surface area contributed by atoms with Crippen LogP contribution in [0.15, 0.2) is 42.5 Å². The van der Waals surface area contributed by atoms with E-state index in [1.807, 2.05) is 0 Å². The van der Waals surface area contributed by atoms with Crippen molar-refractivity contribution >= 4 is 17.5 Å². The molecule has 2 aromatic carbocycles. The van der Waals surface area contributed by atoms with Crippen molar-refractivity contribution < 1.29 is 18.7 Å². The van der Waals surface area contributed by atoms with Crippen LogP contribution in [0.3, 0.4) is 0 Å². The summed E-state index contributed by atoms with van der Waals surface area (Å²) in [6.07, 6.45) is 0.641. The van der Waals surface area contributed by atoms with E-state index in [1.165, 1.54) is 30.2 Å². The standard InChI is InChI=1S/C18H19ClFNO3/c1-21(10-3-11-24-15-7-4-13(19)5-8-15)18(22)16-12-14(20)6-9-17(16)23-2/h4-9,12H,3,10-11H2,1-2H3. The number of nitrogens with zero attached hydrogens (tertiary/aromatic N) is 1. The van der Waals surface area contributed by atoms with E-state index in [1.54, 1.807) is 31.3 Å². The van der Waals surface area contributed by atoms with Crippen molar-refractivity contribution in [2.45, 2.75) is 6.42 Å². The Labute approximate surface area is 145 Å². The van der Waals surface area contributed by atoms with Crippen molar-refractivity contribution in [3.8, 4) is 11.5 Å². The van der Waals surface area contributed by atoms with Gasteiger partial charge in [0.2, 0.25) is 0 Å². The minimum absolute atomic E-state index is 0.207. The lowest BCUT2D eigenvalue weighted by Gasteiger charge is -2.18. The Kier molecular flexibility index (Phi) is 6.44. The van der Waals surface area contributed by atoms with E-state index in [-0.39, 0.29) is 11.5 Å². The molecule has 2 rings (SSSR count). The highest BCUT2D eigenvalue weighted by Crippen LogP contribution is 2.21. The van der Waals surface area contributed by atoms with E-state index >= 15 is 0 Å². The lowest BCUT2D eigenvalue weighted by Crippen LogP contribution is -2.29. The Morgan fingerprint density at radius 1 is 1.21 bits per heavy atom. The number of ether oxygens (including phenoxy) is 2. The first-order valence-electron chi connectivity index (χ1n) is 7.48. The SMILES string of the molecule is COc1ccc(F)cc1C(=O)N(C)CCCOc1ccc(Cl)cc1. The van der Waals surface area contributed by atoms with Gasteiger partial charge in [0.05, 0.1) is 19.3 Å². The summed E-state index contributed by atoms with van der Waals surface area (Å²) in [5.41, 5.74) is 0.207. The molecule has 0 aromatic heterocycles. The maximum Gasteiger partial charge on any atom is 0.257 e. The zero-order chi connectivity index (χ0) is 17.5. The van der Waals surface area contributed by atoms with Crippen LogP contribution in [-0.4, -0.2) is 38.1 Å². The van der Waals surface area contributed by atoms with Gasteiger partial charge in [-0.1, -0.05) is 11.6 Å². The molecule has 0 aliphatic carbocycles. The van der Waals surface area contributed by atoms with Crippen LogP contribution in [0.1, 0.15) is 16.8 Å². The highest BCUT2D eigenvalue weighted by molar-refractivity contribution is 6.30. The molecule has 0 aliphatic rings. The van der Waals surface area contributed by atoms with Gasteiger partial charge in [0.1, 0.15) is 17.3 Å². The molecular weight excluding hydrogens is 333 g/mol. The molecule has 4 nitrogen and oxygen atoms in total. The number of methoxy groups -OCH3 is 1. The third-order valence-corrected chi connectivity index (χ3v) is 3.71. The quantitative estimate of drug-likeness (QED) is 0.707. The zero-order valence-electron chi connectivity index (χ0n) is 13.6. The average molecular weight is 352 g/mol. The molecule has 0 aliphatic heterocycles. The topological polar surface area (TPSA) is 38.8 Å². The monoisotopic (exact) mass is 351 g/mol. The van der Waals surface area contributed by atoms with Crippen molar-refractivity contribution in [1.29, 1.82) is 0 Å². The highest BCUT2D eigenvalue weighted by atomic mass is 35.5. The van der Waals surface area contributed by atoms with E-state index in [0.717, 1.165) is 5.75 Å². The maximum absolute atomic E-state index is 13.4. The summed E-state index contributed by atoms with van der Waals surface area (Å²) >= 11 is 5.81. The lowest BCUT2D eigenvalue weighted by molar-refractivity contribution is 0.0784. The summed E-state index contributed by atoms with van der Waals surface area (Å²) in [7, 11) is 3.11. The number of amides is 1. The molecule has 2 aromatic rings. The average Bonchev–Trinajstić information content (AvgIpc) is 2.59. The number of hydrogen-bond donors (Lipinski definition) is 0. The Hall–Kier alpha value is -2.27.